The van der Waals surface area contributed by atoms with Gasteiger partial charge in [0.15, 0.2) is 5.84 Å². The van der Waals surface area contributed by atoms with Crippen molar-refractivity contribution in [3.8, 4) is 16.8 Å². The SMILES string of the molecule is CC1(C)c2ccccc2-c2ccc3c(c21)c1ccccc1n3-c1ccc2c(c1)oc1cc(C3=NC(c4ccccc4)NC(c4ccccc4)=N3)ccc12. The summed E-state index contributed by atoms with van der Waals surface area (Å²) in [7, 11) is 0. The highest BCUT2D eigenvalue weighted by Gasteiger charge is 2.38. The first-order valence-electron chi connectivity index (χ1n) is 18.2. The lowest BCUT2D eigenvalue weighted by molar-refractivity contribution is 0.666. The smallest absolute Gasteiger partial charge is 0.159 e. The number of furan rings is 1. The molecular formula is C48H34N4O. The van der Waals surface area contributed by atoms with Gasteiger partial charge in [0, 0.05) is 49.8 Å². The number of amidine groups is 2. The summed E-state index contributed by atoms with van der Waals surface area (Å²) in [6.45, 7) is 4.73. The third-order valence-corrected chi connectivity index (χ3v) is 11.2. The first-order valence-corrected chi connectivity index (χ1v) is 18.2. The topological polar surface area (TPSA) is 54.8 Å². The van der Waals surface area contributed by atoms with E-state index in [2.05, 4.69) is 145 Å². The molecule has 1 N–H and O–H groups in total. The van der Waals surface area contributed by atoms with Gasteiger partial charge in [-0.2, -0.15) is 0 Å². The number of rotatable bonds is 4. The van der Waals surface area contributed by atoms with E-state index in [1.807, 2.05) is 36.4 Å². The number of para-hydroxylation sites is 1. The van der Waals surface area contributed by atoms with Gasteiger partial charge in [0.25, 0.3) is 0 Å². The molecule has 0 saturated heterocycles. The van der Waals surface area contributed by atoms with Gasteiger partial charge in [0.2, 0.25) is 0 Å². The van der Waals surface area contributed by atoms with Crippen LogP contribution in [0.15, 0.2) is 172 Å². The minimum Gasteiger partial charge on any atom is -0.456 e. The van der Waals surface area contributed by atoms with Crippen LogP contribution in [0.2, 0.25) is 0 Å². The number of aromatic nitrogens is 1. The van der Waals surface area contributed by atoms with Crippen LogP contribution in [0.1, 0.15) is 47.8 Å². The quantitative estimate of drug-likeness (QED) is 0.201. The van der Waals surface area contributed by atoms with E-state index in [-0.39, 0.29) is 11.6 Å². The van der Waals surface area contributed by atoms with Crippen LogP contribution in [0.3, 0.4) is 0 Å². The van der Waals surface area contributed by atoms with Gasteiger partial charge in [-0.15, -0.1) is 0 Å². The molecule has 0 saturated carbocycles. The Morgan fingerprint density at radius 1 is 0.604 bits per heavy atom. The highest BCUT2D eigenvalue weighted by atomic mass is 16.3. The molecule has 53 heavy (non-hydrogen) atoms. The first kappa shape index (κ1) is 30.0. The van der Waals surface area contributed by atoms with Gasteiger partial charge in [-0.25, -0.2) is 9.98 Å². The van der Waals surface area contributed by atoms with Gasteiger partial charge in [-0.3, -0.25) is 0 Å². The Morgan fingerprint density at radius 3 is 2.17 bits per heavy atom. The molecule has 2 aromatic heterocycles. The average Bonchev–Trinajstić information content (AvgIpc) is 3.83. The van der Waals surface area contributed by atoms with Gasteiger partial charge in [0.05, 0.1) is 11.0 Å². The number of hydrogen-bond donors (Lipinski definition) is 1. The van der Waals surface area contributed by atoms with Crippen molar-refractivity contribution < 1.29 is 4.42 Å². The Labute approximate surface area is 306 Å². The van der Waals surface area contributed by atoms with E-state index in [1.54, 1.807) is 0 Å². The number of nitrogens with zero attached hydrogens (tertiary/aromatic N) is 3. The molecule has 1 unspecified atom stereocenters. The molecule has 5 heteroatoms. The molecule has 0 amide bonds. The van der Waals surface area contributed by atoms with Crippen molar-refractivity contribution in [2.24, 2.45) is 9.98 Å². The summed E-state index contributed by atoms with van der Waals surface area (Å²) in [6, 6.07) is 55.7. The minimum atomic E-state index is -0.264. The van der Waals surface area contributed by atoms with Crippen molar-refractivity contribution in [3.05, 3.63) is 186 Å². The third kappa shape index (κ3) is 4.44. The highest BCUT2D eigenvalue weighted by Crippen LogP contribution is 2.53. The summed E-state index contributed by atoms with van der Waals surface area (Å²) in [5, 5.41) is 8.28. The van der Waals surface area contributed by atoms with Crippen molar-refractivity contribution in [2.75, 3.05) is 0 Å². The van der Waals surface area contributed by atoms with Gasteiger partial charge in [0.1, 0.15) is 23.2 Å². The fourth-order valence-electron chi connectivity index (χ4n) is 8.78. The molecule has 2 aliphatic rings. The van der Waals surface area contributed by atoms with Crippen molar-refractivity contribution in [3.63, 3.8) is 0 Å². The van der Waals surface area contributed by atoms with Crippen LogP contribution in [-0.2, 0) is 5.41 Å². The molecule has 9 aromatic rings. The molecule has 3 heterocycles. The molecule has 0 spiro atoms. The van der Waals surface area contributed by atoms with Crippen LogP contribution < -0.4 is 5.32 Å². The number of hydrogen-bond acceptors (Lipinski definition) is 4. The molecule has 252 valence electrons. The van der Waals surface area contributed by atoms with E-state index in [9.17, 15) is 0 Å². The Hall–Kier alpha value is -6.72. The normalized spacial score (nSPS) is 16.1. The van der Waals surface area contributed by atoms with Crippen molar-refractivity contribution in [1.82, 2.24) is 9.88 Å². The zero-order valence-corrected chi connectivity index (χ0v) is 29.3. The van der Waals surface area contributed by atoms with Gasteiger partial charge < -0.3 is 14.3 Å². The fraction of sp³-hybridized carbons (Fsp3) is 0.0833. The van der Waals surface area contributed by atoms with Crippen LogP contribution in [0.4, 0.5) is 0 Å². The van der Waals surface area contributed by atoms with Gasteiger partial charge in [-0.05, 0) is 64.2 Å². The van der Waals surface area contributed by atoms with Crippen LogP contribution in [-0.4, -0.2) is 16.2 Å². The predicted molar refractivity (Wildman–Crippen MR) is 217 cm³/mol. The molecule has 0 radical (unpaired) electrons. The first-order chi connectivity index (χ1) is 26.0. The Kier molecular flexibility index (Phi) is 6.30. The molecular weight excluding hydrogens is 649 g/mol. The van der Waals surface area contributed by atoms with Crippen LogP contribution in [0, 0.1) is 0 Å². The van der Waals surface area contributed by atoms with Crippen molar-refractivity contribution in [2.45, 2.75) is 25.4 Å². The molecule has 5 nitrogen and oxygen atoms in total. The summed E-state index contributed by atoms with van der Waals surface area (Å²) < 4.78 is 9.08. The molecule has 0 bridgehead atoms. The van der Waals surface area contributed by atoms with E-state index >= 15 is 0 Å². The summed E-state index contributed by atoms with van der Waals surface area (Å²) in [6.07, 6.45) is -0.264. The molecule has 1 atom stereocenters. The summed E-state index contributed by atoms with van der Waals surface area (Å²) >= 11 is 0. The van der Waals surface area contributed by atoms with Crippen LogP contribution in [0.25, 0.3) is 60.6 Å². The molecule has 0 fully saturated rings. The molecule has 1 aliphatic carbocycles. The molecule has 7 aromatic carbocycles. The lowest BCUT2D eigenvalue weighted by Gasteiger charge is -2.23. The summed E-state index contributed by atoms with van der Waals surface area (Å²) in [5.41, 5.74) is 13.4. The Balaban J connectivity index is 1.05. The van der Waals surface area contributed by atoms with E-state index in [4.69, 9.17) is 14.4 Å². The highest BCUT2D eigenvalue weighted by molar-refractivity contribution is 6.16. The zero-order chi connectivity index (χ0) is 35.3. The van der Waals surface area contributed by atoms with Crippen molar-refractivity contribution in [1.29, 1.82) is 0 Å². The standard InChI is InChI=1S/C48H34N4O/c1-48(2)38-19-11-9-17-33(38)36-25-26-40-43(44(36)48)37-18-10-12-20-39(37)52(40)32-22-24-35-34-23-21-31(27-41(34)53-42(35)28-32)47-50-45(29-13-5-3-6-14-29)49-46(51-47)30-15-7-4-8-16-30/h3-28,45H,1-2H3,(H,49,50,51). The largest absolute Gasteiger partial charge is 0.456 e. The number of aliphatic imine (C=N–C) groups is 2. The molecule has 11 rings (SSSR count). The number of benzene rings is 7. The number of fused-ring (bicyclic) bond motifs is 10. The Morgan fingerprint density at radius 2 is 1.32 bits per heavy atom. The zero-order valence-electron chi connectivity index (χ0n) is 29.3. The summed E-state index contributed by atoms with van der Waals surface area (Å²) in [5.74, 6) is 1.46. The van der Waals surface area contributed by atoms with Crippen molar-refractivity contribution >= 4 is 55.4 Å². The van der Waals surface area contributed by atoms with Crippen LogP contribution in [0.5, 0.6) is 0 Å². The van der Waals surface area contributed by atoms with E-state index < -0.39 is 0 Å². The fourth-order valence-corrected chi connectivity index (χ4v) is 8.78. The Bertz CT molecular complexity index is 3000. The average molecular weight is 683 g/mol. The molecule has 1 aliphatic heterocycles. The van der Waals surface area contributed by atoms with E-state index in [1.165, 1.54) is 44.1 Å². The summed E-state index contributed by atoms with van der Waals surface area (Å²) in [4.78, 5) is 10.1. The monoisotopic (exact) mass is 682 g/mol. The second-order valence-electron chi connectivity index (χ2n) is 14.6. The maximum atomic E-state index is 6.69. The maximum Gasteiger partial charge on any atom is 0.159 e. The minimum absolute atomic E-state index is 0.119. The maximum absolute atomic E-state index is 6.69. The number of nitrogens with one attached hydrogen (secondary N) is 1. The second kappa shape index (κ2) is 11.1. The third-order valence-electron chi connectivity index (χ3n) is 11.2. The van der Waals surface area contributed by atoms with E-state index in [0.717, 1.165) is 50.2 Å². The van der Waals surface area contributed by atoms with E-state index in [0.29, 0.717) is 5.84 Å². The van der Waals surface area contributed by atoms with Gasteiger partial charge in [-0.1, -0.05) is 129 Å². The second-order valence-corrected chi connectivity index (χ2v) is 14.6. The lowest BCUT2D eigenvalue weighted by Crippen LogP contribution is -2.33. The van der Waals surface area contributed by atoms with Gasteiger partial charge >= 0.3 is 0 Å². The van der Waals surface area contributed by atoms with Crippen LogP contribution >= 0.6 is 0 Å². The predicted octanol–water partition coefficient (Wildman–Crippen LogP) is 11.5. The lowest BCUT2D eigenvalue weighted by atomic mass is 9.80.